The molecule has 14 heavy (non-hydrogen) atoms. The monoisotopic (exact) mass is 199 g/mol. The Kier molecular flexibility index (Phi) is 4.90. The van der Waals surface area contributed by atoms with Gasteiger partial charge in [-0.15, -0.1) is 0 Å². The molecule has 0 unspecified atom stereocenters. The fourth-order valence-electron chi connectivity index (χ4n) is 1.95. The molecular weight excluding hydrogens is 178 g/mol. The van der Waals surface area contributed by atoms with Crippen LogP contribution in [0.1, 0.15) is 32.6 Å². The van der Waals surface area contributed by atoms with Gasteiger partial charge in [0.25, 0.3) is 0 Å². The molecule has 0 aromatic carbocycles. The Bertz CT molecular complexity index is 176. The van der Waals surface area contributed by atoms with Gasteiger partial charge in [-0.25, -0.2) is 5.84 Å². The van der Waals surface area contributed by atoms with Gasteiger partial charge in [0.15, 0.2) is 0 Å². The number of carbonyl (C=O) groups excluding carboxylic acids is 1. The average Bonchev–Trinajstić information content (AvgIpc) is 2.26. The van der Waals surface area contributed by atoms with Gasteiger partial charge in [0.05, 0.1) is 0 Å². The van der Waals surface area contributed by atoms with Gasteiger partial charge in [0.1, 0.15) is 0 Å². The SMILES string of the molecule is CCC1CCN(CCC(=O)NN)CC1. The van der Waals surface area contributed by atoms with E-state index in [9.17, 15) is 4.79 Å². The zero-order chi connectivity index (χ0) is 10.4. The number of rotatable bonds is 4. The summed E-state index contributed by atoms with van der Waals surface area (Å²) in [6.07, 6.45) is 4.37. The van der Waals surface area contributed by atoms with E-state index in [0.29, 0.717) is 6.42 Å². The van der Waals surface area contributed by atoms with Crippen molar-refractivity contribution < 1.29 is 4.79 Å². The number of nitrogens with zero attached hydrogens (tertiary/aromatic N) is 1. The van der Waals surface area contributed by atoms with Gasteiger partial charge in [-0.3, -0.25) is 10.2 Å². The lowest BCUT2D eigenvalue weighted by molar-refractivity contribution is -0.121. The molecular formula is C10H21N3O. The second-order valence-electron chi connectivity index (χ2n) is 4.01. The zero-order valence-electron chi connectivity index (χ0n) is 8.96. The highest BCUT2D eigenvalue weighted by atomic mass is 16.2. The second-order valence-corrected chi connectivity index (χ2v) is 4.01. The summed E-state index contributed by atoms with van der Waals surface area (Å²) in [5.74, 6) is 5.84. The van der Waals surface area contributed by atoms with Crippen LogP contribution in [0.25, 0.3) is 0 Å². The van der Waals surface area contributed by atoms with E-state index in [0.717, 1.165) is 25.6 Å². The molecule has 1 aliphatic heterocycles. The van der Waals surface area contributed by atoms with E-state index >= 15 is 0 Å². The molecule has 0 aliphatic carbocycles. The van der Waals surface area contributed by atoms with Gasteiger partial charge in [-0.1, -0.05) is 13.3 Å². The number of hydrazine groups is 1. The van der Waals surface area contributed by atoms with Crippen molar-refractivity contribution in [1.29, 1.82) is 0 Å². The molecule has 4 nitrogen and oxygen atoms in total. The molecule has 0 spiro atoms. The third-order valence-corrected chi connectivity index (χ3v) is 3.10. The molecule has 1 fully saturated rings. The Morgan fingerprint density at radius 2 is 2.14 bits per heavy atom. The van der Waals surface area contributed by atoms with Crippen LogP contribution in [0.4, 0.5) is 0 Å². The number of amides is 1. The van der Waals surface area contributed by atoms with E-state index in [2.05, 4.69) is 17.2 Å². The Balaban J connectivity index is 2.13. The third-order valence-electron chi connectivity index (χ3n) is 3.10. The summed E-state index contributed by atoms with van der Waals surface area (Å²) < 4.78 is 0. The van der Waals surface area contributed by atoms with Crippen LogP contribution in [0, 0.1) is 5.92 Å². The van der Waals surface area contributed by atoms with Crippen molar-refractivity contribution in [3.05, 3.63) is 0 Å². The lowest BCUT2D eigenvalue weighted by atomic mass is 9.94. The molecule has 0 aromatic rings. The van der Waals surface area contributed by atoms with Crippen molar-refractivity contribution in [2.24, 2.45) is 11.8 Å². The predicted octanol–water partition coefficient (Wildman–Crippen LogP) is 0.488. The van der Waals surface area contributed by atoms with Crippen LogP contribution in [-0.2, 0) is 4.79 Å². The van der Waals surface area contributed by atoms with E-state index in [1.165, 1.54) is 19.3 Å². The second kappa shape index (κ2) is 5.98. The summed E-state index contributed by atoms with van der Waals surface area (Å²) in [5.41, 5.74) is 2.16. The fraction of sp³-hybridized carbons (Fsp3) is 0.900. The summed E-state index contributed by atoms with van der Waals surface area (Å²) >= 11 is 0. The maximum Gasteiger partial charge on any atom is 0.235 e. The first-order valence-corrected chi connectivity index (χ1v) is 5.48. The highest BCUT2D eigenvalue weighted by molar-refractivity contribution is 5.75. The summed E-state index contributed by atoms with van der Waals surface area (Å²) in [6.45, 7) is 5.37. The highest BCUT2D eigenvalue weighted by Gasteiger charge is 2.17. The number of nitrogens with two attached hydrogens (primary N) is 1. The van der Waals surface area contributed by atoms with E-state index in [1.807, 2.05) is 0 Å². The van der Waals surface area contributed by atoms with E-state index in [4.69, 9.17) is 5.84 Å². The first-order valence-electron chi connectivity index (χ1n) is 5.48. The summed E-state index contributed by atoms with van der Waals surface area (Å²) in [4.78, 5) is 13.3. The standard InChI is InChI=1S/C10H21N3O/c1-2-9-3-6-13(7-4-9)8-5-10(14)12-11/h9H,2-8,11H2,1H3,(H,12,14). The molecule has 0 saturated carbocycles. The molecule has 0 aromatic heterocycles. The highest BCUT2D eigenvalue weighted by Crippen LogP contribution is 2.19. The van der Waals surface area contributed by atoms with Crippen LogP contribution in [-0.4, -0.2) is 30.4 Å². The van der Waals surface area contributed by atoms with Gasteiger partial charge in [-0.2, -0.15) is 0 Å². The quantitative estimate of drug-likeness (QED) is 0.393. The smallest absolute Gasteiger partial charge is 0.235 e. The van der Waals surface area contributed by atoms with Crippen LogP contribution < -0.4 is 11.3 Å². The molecule has 0 radical (unpaired) electrons. The fourth-order valence-corrected chi connectivity index (χ4v) is 1.95. The molecule has 3 N–H and O–H groups in total. The average molecular weight is 199 g/mol. The first kappa shape index (κ1) is 11.5. The molecule has 1 saturated heterocycles. The van der Waals surface area contributed by atoms with E-state index in [-0.39, 0.29) is 5.91 Å². The molecule has 4 heteroatoms. The summed E-state index contributed by atoms with van der Waals surface area (Å²) in [5, 5.41) is 0. The van der Waals surface area contributed by atoms with E-state index in [1.54, 1.807) is 0 Å². The van der Waals surface area contributed by atoms with Gasteiger partial charge >= 0.3 is 0 Å². The Morgan fingerprint density at radius 3 is 2.64 bits per heavy atom. The molecule has 1 aliphatic rings. The lowest BCUT2D eigenvalue weighted by Crippen LogP contribution is -2.38. The van der Waals surface area contributed by atoms with Crippen LogP contribution in [0.5, 0.6) is 0 Å². The molecule has 0 bridgehead atoms. The van der Waals surface area contributed by atoms with Crippen LogP contribution in [0.15, 0.2) is 0 Å². The Labute approximate surface area is 85.8 Å². The Hall–Kier alpha value is -0.610. The van der Waals surface area contributed by atoms with Gasteiger partial charge in [0.2, 0.25) is 5.91 Å². The Morgan fingerprint density at radius 1 is 1.50 bits per heavy atom. The molecule has 1 amide bonds. The number of nitrogens with one attached hydrogen (secondary N) is 1. The minimum Gasteiger partial charge on any atom is -0.303 e. The first-order chi connectivity index (χ1) is 6.76. The number of hydrogen-bond acceptors (Lipinski definition) is 3. The van der Waals surface area contributed by atoms with Crippen LogP contribution >= 0.6 is 0 Å². The largest absolute Gasteiger partial charge is 0.303 e. The van der Waals surface area contributed by atoms with E-state index < -0.39 is 0 Å². The number of piperidine rings is 1. The third kappa shape index (κ3) is 3.64. The molecule has 82 valence electrons. The zero-order valence-corrected chi connectivity index (χ0v) is 8.96. The lowest BCUT2D eigenvalue weighted by Gasteiger charge is -2.31. The molecule has 0 atom stereocenters. The van der Waals surface area contributed by atoms with Gasteiger partial charge < -0.3 is 4.90 Å². The maximum absolute atomic E-state index is 10.9. The van der Waals surface area contributed by atoms with Gasteiger partial charge in [-0.05, 0) is 31.8 Å². The van der Waals surface area contributed by atoms with Crippen molar-refractivity contribution in [3.63, 3.8) is 0 Å². The minimum atomic E-state index is -0.0670. The van der Waals surface area contributed by atoms with Crippen molar-refractivity contribution in [3.8, 4) is 0 Å². The maximum atomic E-state index is 10.9. The number of likely N-dealkylation sites (tertiary alicyclic amines) is 1. The van der Waals surface area contributed by atoms with Crippen LogP contribution in [0.2, 0.25) is 0 Å². The predicted molar refractivity (Wildman–Crippen MR) is 56.4 cm³/mol. The topological polar surface area (TPSA) is 58.4 Å². The van der Waals surface area contributed by atoms with Gasteiger partial charge in [0, 0.05) is 13.0 Å². The minimum absolute atomic E-state index is 0.0670. The molecule has 1 heterocycles. The molecule has 1 rings (SSSR count). The van der Waals surface area contributed by atoms with Crippen LogP contribution in [0.3, 0.4) is 0 Å². The number of carbonyl (C=O) groups is 1. The summed E-state index contributed by atoms with van der Waals surface area (Å²) in [6, 6.07) is 0. The number of hydrogen-bond donors (Lipinski definition) is 2. The normalized spacial score (nSPS) is 19.6. The van der Waals surface area contributed by atoms with Crippen molar-refractivity contribution in [2.45, 2.75) is 32.6 Å². The van der Waals surface area contributed by atoms with Crippen molar-refractivity contribution in [1.82, 2.24) is 10.3 Å². The van der Waals surface area contributed by atoms with Crippen molar-refractivity contribution in [2.75, 3.05) is 19.6 Å². The summed E-state index contributed by atoms with van der Waals surface area (Å²) in [7, 11) is 0. The van der Waals surface area contributed by atoms with Crippen molar-refractivity contribution >= 4 is 5.91 Å².